The molecule has 2 aliphatic heterocycles. The monoisotopic (exact) mass is 661 g/mol. The first-order valence-corrected chi connectivity index (χ1v) is 17.1. The molecule has 0 N–H and O–H groups in total. The van der Waals surface area contributed by atoms with E-state index in [9.17, 15) is 0 Å². The van der Waals surface area contributed by atoms with E-state index in [2.05, 4.69) is 170 Å². The molecule has 2 heterocycles. The molecule has 0 amide bonds. The molecule has 0 saturated carbocycles. The summed E-state index contributed by atoms with van der Waals surface area (Å²) >= 11 is 3.93. The quantitative estimate of drug-likeness (QED) is 0.133. The molecule has 0 unspecified atom stereocenters. The minimum Gasteiger partial charge on any atom is -0.344 e. The molecule has 0 radical (unpaired) electrons. The molecule has 0 atom stereocenters. The van der Waals surface area contributed by atoms with Gasteiger partial charge in [0.25, 0.3) is 0 Å². The van der Waals surface area contributed by atoms with Crippen molar-refractivity contribution in [3.63, 3.8) is 0 Å². The number of nitrogens with zero attached hydrogens (tertiary/aromatic N) is 4. The van der Waals surface area contributed by atoms with E-state index in [-0.39, 0.29) is 10.8 Å². The normalized spacial score (nSPS) is 19.0. The maximum absolute atomic E-state index is 3.93. The third-order valence-corrected chi connectivity index (χ3v) is 9.85. The van der Waals surface area contributed by atoms with Crippen LogP contribution in [-0.4, -0.2) is 87.7 Å². The Bertz CT molecular complexity index is 1510. The first-order chi connectivity index (χ1) is 20.3. The zero-order valence-corrected chi connectivity index (χ0v) is 31.3. The van der Waals surface area contributed by atoms with Gasteiger partial charge in [0.15, 0.2) is 12.3 Å². The predicted octanol–water partition coefficient (Wildman–Crippen LogP) is 8.39. The minimum absolute atomic E-state index is 0.0600. The van der Waals surface area contributed by atoms with E-state index < -0.39 is 0 Å². The fourth-order valence-electron chi connectivity index (χ4n) is 6.84. The number of rotatable bonds is 11. The summed E-state index contributed by atoms with van der Waals surface area (Å²) in [6.45, 7) is 18.2. The second-order valence-corrected chi connectivity index (χ2v) is 17.1. The van der Waals surface area contributed by atoms with Gasteiger partial charge in [-0.3, -0.25) is 0 Å². The van der Waals surface area contributed by atoms with Crippen molar-refractivity contribution in [2.75, 3.05) is 73.4 Å². The van der Waals surface area contributed by atoms with Gasteiger partial charge in [0.2, 0.25) is 5.69 Å². The summed E-state index contributed by atoms with van der Waals surface area (Å²) in [7, 11) is 13.7. The summed E-state index contributed by atoms with van der Waals surface area (Å²) in [5.41, 5.74) is 10.8. The van der Waals surface area contributed by atoms with Crippen LogP contribution in [0.4, 0.5) is 11.4 Å². The van der Waals surface area contributed by atoms with E-state index in [0.717, 1.165) is 52.5 Å². The van der Waals surface area contributed by atoms with Crippen LogP contribution in [0, 0.1) is 13.8 Å². The summed E-state index contributed by atoms with van der Waals surface area (Å²) < 4.78 is 5.62. The van der Waals surface area contributed by atoms with Crippen molar-refractivity contribution in [1.82, 2.24) is 0 Å². The largest absolute Gasteiger partial charge is 0.344 e. The molecule has 0 aliphatic carbocycles. The van der Waals surface area contributed by atoms with Gasteiger partial charge in [-0.2, -0.15) is 4.58 Å². The Morgan fingerprint density at radius 1 is 0.818 bits per heavy atom. The Balaban J connectivity index is 1.67. The highest BCUT2D eigenvalue weighted by molar-refractivity contribution is 9.11. The van der Waals surface area contributed by atoms with Gasteiger partial charge in [0.1, 0.15) is 0 Å². The standard InChI is InChI=1S/C39H58BrN4/c1-29-15-19-34-32(27-29)38(3,4)36(41(34)23-13-25-43(7,8)9)21-17-31(40)18-22-37-39(5,6)33-28-30(2)16-20-35(33)42(37)24-14-26-44(10,11)12/h15-22,27-28H,13-14,23-26H2,1-12H3/q+3. The Hall–Kier alpha value is -2.47. The lowest BCUT2D eigenvalue weighted by Crippen LogP contribution is -2.37. The first-order valence-electron chi connectivity index (χ1n) is 16.3. The molecule has 0 saturated heterocycles. The maximum Gasteiger partial charge on any atom is 0.209 e. The van der Waals surface area contributed by atoms with Crippen molar-refractivity contribution in [3.8, 4) is 0 Å². The molecule has 0 fully saturated rings. The van der Waals surface area contributed by atoms with Gasteiger partial charge in [0, 0.05) is 52.0 Å². The van der Waals surface area contributed by atoms with Crippen molar-refractivity contribution in [2.24, 2.45) is 0 Å². The molecule has 44 heavy (non-hydrogen) atoms. The number of fused-ring (bicyclic) bond motifs is 2. The van der Waals surface area contributed by atoms with Crippen LogP contribution in [0.1, 0.15) is 62.8 Å². The highest BCUT2D eigenvalue weighted by Crippen LogP contribution is 2.48. The summed E-state index contributed by atoms with van der Waals surface area (Å²) in [4.78, 5) is 2.56. The smallest absolute Gasteiger partial charge is 0.209 e. The van der Waals surface area contributed by atoms with E-state index in [0.29, 0.717) is 0 Å². The molecule has 5 heteroatoms. The SMILES string of the molecule is Cc1ccc2c(c1)C(C)(C)C(/C=C/C(Br)=C/C=C1/N(CCC[N+](C)(C)C)c3ccc(C)cc3C1(C)C)=[N+]2CCC[N+](C)(C)C. The summed E-state index contributed by atoms with van der Waals surface area (Å²) in [6.07, 6.45) is 11.5. The molecule has 4 nitrogen and oxygen atoms in total. The summed E-state index contributed by atoms with van der Waals surface area (Å²) in [5.74, 6) is 0. The number of allylic oxidation sites excluding steroid dienone is 6. The number of hydrogen-bond acceptors (Lipinski definition) is 1. The van der Waals surface area contributed by atoms with Gasteiger partial charge in [-0.25, -0.2) is 0 Å². The van der Waals surface area contributed by atoms with Gasteiger partial charge in [-0.15, -0.1) is 0 Å². The molecular formula is C39H58BrN4+3. The fourth-order valence-corrected chi connectivity index (χ4v) is 7.10. The van der Waals surface area contributed by atoms with E-state index in [1.165, 1.54) is 45.0 Å². The number of anilines is 1. The van der Waals surface area contributed by atoms with Gasteiger partial charge in [-0.1, -0.05) is 59.1 Å². The molecule has 0 aromatic heterocycles. The fraction of sp³-hybridized carbons (Fsp3) is 0.513. The Labute approximate surface area is 277 Å². The van der Waals surface area contributed by atoms with Crippen LogP contribution in [0.2, 0.25) is 0 Å². The number of aryl methyl sites for hydroxylation is 2. The zero-order valence-electron chi connectivity index (χ0n) is 29.7. The third-order valence-electron chi connectivity index (χ3n) is 9.32. The number of hydrogen-bond donors (Lipinski definition) is 0. The minimum atomic E-state index is -0.0600. The van der Waals surface area contributed by atoms with Crippen LogP contribution >= 0.6 is 15.9 Å². The van der Waals surface area contributed by atoms with E-state index in [1.54, 1.807) is 0 Å². The second-order valence-electron chi connectivity index (χ2n) is 16.2. The van der Waals surface area contributed by atoms with Crippen LogP contribution in [0.5, 0.6) is 0 Å². The van der Waals surface area contributed by atoms with Crippen LogP contribution in [0.15, 0.2) is 70.9 Å². The molecule has 0 spiro atoms. The van der Waals surface area contributed by atoms with Gasteiger partial charge < -0.3 is 13.9 Å². The number of benzene rings is 2. The van der Waals surface area contributed by atoms with Crippen LogP contribution in [-0.2, 0) is 10.8 Å². The zero-order chi connectivity index (χ0) is 32.7. The highest BCUT2D eigenvalue weighted by Gasteiger charge is 2.44. The van der Waals surface area contributed by atoms with Crippen LogP contribution in [0.3, 0.4) is 0 Å². The third kappa shape index (κ3) is 7.66. The average Bonchev–Trinajstić information content (AvgIpc) is 3.22. The lowest BCUT2D eigenvalue weighted by molar-refractivity contribution is -0.871. The number of halogens is 1. The average molecular weight is 663 g/mol. The Kier molecular flexibility index (Phi) is 9.95. The van der Waals surface area contributed by atoms with Gasteiger partial charge in [0.05, 0.1) is 67.2 Å². The van der Waals surface area contributed by atoms with Crippen molar-refractivity contribution in [1.29, 1.82) is 0 Å². The first kappa shape index (κ1) is 34.4. The van der Waals surface area contributed by atoms with E-state index in [4.69, 9.17) is 0 Å². The lowest BCUT2D eigenvalue weighted by atomic mass is 9.81. The van der Waals surface area contributed by atoms with Gasteiger partial charge >= 0.3 is 0 Å². The number of quaternary nitrogens is 2. The van der Waals surface area contributed by atoms with Crippen LogP contribution < -0.4 is 4.90 Å². The molecule has 2 aromatic rings. The van der Waals surface area contributed by atoms with Crippen molar-refractivity contribution < 1.29 is 13.5 Å². The van der Waals surface area contributed by atoms with E-state index >= 15 is 0 Å². The highest BCUT2D eigenvalue weighted by atomic mass is 79.9. The molecule has 4 rings (SSSR count). The Morgan fingerprint density at radius 3 is 2.05 bits per heavy atom. The predicted molar refractivity (Wildman–Crippen MR) is 195 cm³/mol. The van der Waals surface area contributed by atoms with Crippen molar-refractivity contribution in [2.45, 2.75) is 65.2 Å². The molecule has 2 aliphatic rings. The van der Waals surface area contributed by atoms with E-state index in [1.807, 2.05) is 0 Å². The second kappa shape index (κ2) is 12.7. The van der Waals surface area contributed by atoms with Crippen molar-refractivity contribution in [3.05, 3.63) is 93.1 Å². The van der Waals surface area contributed by atoms with Crippen LogP contribution in [0.25, 0.3) is 0 Å². The maximum atomic E-state index is 3.93. The Morgan fingerprint density at radius 2 is 1.41 bits per heavy atom. The van der Waals surface area contributed by atoms with Crippen molar-refractivity contribution >= 4 is 33.0 Å². The molecule has 238 valence electrons. The molecular weight excluding hydrogens is 604 g/mol. The van der Waals surface area contributed by atoms with Gasteiger partial charge in [-0.05, 0) is 63.6 Å². The summed E-state index contributed by atoms with van der Waals surface area (Å²) in [6, 6.07) is 13.9. The molecule has 2 aromatic carbocycles. The summed E-state index contributed by atoms with van der Waals surface area (Å²) in [5, 5.41) is 0. The molecule has 0 bridgehead atoms. The lowest BCUT2D eigenvalue weighted by Gasteiger charge is -2.29. The topological polar surface area (TPSA) is 6.25 Å².